The second kappa shape index (κ2) is 6.74. The molecule has 0 aliphatic heterocycles. The summed E-state index contributed by atoms with van der Waals surface area (Å²) in [4.78, 5) is 11.3. The van der Waals surface area contributed by atoms with E-state index in [0.29, 0.717) is 12.5 Å². The number of hydrogen-bond donors (Lipinski definition) is 2. The van der Waals surface area contributed by atoms with Gasteiger partial charge in [0.2, 0.25) is 0 Å². The lowest BCUT2D eigenvalue weighted by Crippen LogP contribution is -2.40. The molecule has 0 heterocycles. The van der Waals surface area contributed by atoms with Crippen molar-refractivity contribution in [2.45, 2.75) is 59.1 Å². The van der Waals surface area contributed by atoms with Crippen LogP contribution in [0.2, 0.25) is 0 Å². The maximum atomic E-state index is 11.3. The van der Waals surface area contributed by atoms with Crippen LogP contribution in [0.1, 0.15) is 47.5 Å². The van der Waals surface area contributed by atoms with Crippen molar-refractivity contribution >= 4 is 6.09 Å². The van der Waals surface area contributed by atoms with Crippen molar-refractivity contribution in [1.82, 2.24) is 5.32 Å². The molecule has 0 saturated heterocycles. The highest BCUT2D eigenvalue weighted by molar-refractivity contribution is 5.67. The minimum absolute atomic E-state index is 0.00918. The van der Waals surface area contributed by atoms with Crippen LogP contribution in [0.15, 0.2) is 0 Å². The molecular weight excluding hydrogens is 204 g/mol. The molecule has 3 N–H and O–H groups in total. The van der Waals surface area contributed by atoms with Crippen molar-refractivity contribution in [1.29, 1.82) is 0 Å². The standard InChI is InChI=1S/C12H26N2O2/c1-9(2)6-7-10(13)8-14-11(15)16-12(3,4)5/h9-10H,6-8,13H2,1-5H3,(H,14,15). The summed E-state index contributed by atoms with van der Waals surface area (Å²) in [5.41, 5.74) is 5.41. The average molecular weight is 230 g/mol. The lowest BCUT2D eigenvalue weighted by molar-refractivity contribution is 0.0524. The average Bonchev–Trinajstić information content (AvgIpc) is 2.08. The number of amides is 1. The Bertz CT molecular complexity index is 210. The minimum Gasteiger partial charge on any atom is -0.444 e. The Morgan fingerprint density at radius 1 is 1.31 bits per heavy atom. The fourth-order valence-corrected chi connectivity index (χ4v) is 1.18. The highest BCUT2D eigenvalue weighted by Gasteiger charge is 2.16. The summed E-state index contributed by atoms with van der Waals surface area (Å²) >= 11 is 0. The topological polar surface area (TPSA) is 64.3 Å². The van der Waals surface area contributed by atoms with E-state index < -0.39 is 11.7 Å². The number of hydrogen-bond acceptors (Lipinski definition) is 3. The van der Waals surface area contributed by atoms with Crippen LogP contribution < -0.4 is 11.1 Å². The third-order valence-electron chi connectivity index (χ3n) is 2.02. The predicted octanol–water partition coefficient (Wildman–Crippen LogP) is 2.27. The molecule has 0 aromatic rings. The van der Waals surface area contributed by atoms with Gasteiger partial charge in [-0.3, -0.25) is 0 Å². The van der Waals surface area contributed by atoms with Gasteiger partial charge in [-0.2, -0.15) is 0 Å². The molecule has 0 bridgehead atoms. The Balaban J connectivity index is 3.67. The Morgan fingerprint density at radius 2 is 1.88 bits per heavy atom. The quantitative estimate of drug-likeness (QED) is 0.761. The van der Waals surface area contributed by atoms with E-state index in [1.807, 2.05) is 20.8 Å². The molecule has 1 unspecified atom stereocenters. The van der Waals surface area contributed by atoms with E-state index in [-0.39, 0.29) is 6.04 Å². The normalized spacial score (nSPS) is 13.7. The van der Waals surface area contributed by atoms with Gasteiger partial charge in [-0.1, -0.05) is 13.8 Å². The molecular formula is C12H26N2O2. The zero-order valence-corrected chi connectivity index (χ0v) is 11.2. The van der Waals surface area contributed by atoms with Gasteiger partial charge in [0, 0.05) is 12.6 Å². The molecule has 4 heteroatoms. The van der Waals surface area contributed by atoms with E-state index in [0.717, 1.165) is 12.8 Å². The summed E-state index contributed by atoms with van der Waals surface area (Å²) in [5.74, 6) is 0.646. The third kappa shape index (κ3) is 9.77. The summed E-state index contributed by atoms with van der Waals surface area (Å²) in [6.07, 6.45) is 1.61. The van der Waals surface area contributed by atoms with Gasteiger partial charge >= 0.3 is 6.09 Å². The number of carbonyl (C=O) groups excluding carboxylic acids is 1. The van der Waals surface area contributed by atoms with Crippen LogP contribution >= 0.6 is 0 Å². The predicted molar refractivity (Wildman–Crippen MR) is 66.3 cm³/mol. The van der Waals surface area contributed by atoms with Crippen molar-refractivity contribution in [2.24, 2.45) is 11.7 Å². The molecule has 1 atom stereocenters. The van der Waals surface area contributed by atoms with Gasteiger partial charge < -0.3 is 15.8 Å². The van der Waals surface area contributed by atoms with Crippen molar-refractivity contribution in [3.63, 3.8) is 0 Å². The molecule has 0 aromatic heterocycles. The van der Waals surface area contributed by atoms with Crippen molar-refractivity contribution in [3.8, 4) is 0 Å². The number of ether oxygens (including phenoxy) is 1. The molecule has 0 saturated carbocycles. The molecule has 0 spiro atoms. The van der Waals surface area contributed by atoms with Crippen molar-refractivity contribution in [3.05, 3.63) is 0 Å². The van der Waals surface area contributed by atoms with Crippen LogP contribution in [0.4, 0.5) is 4.79 Å². The maximum absolute atomic E-state index is 11.3. The van der Waals surface area contributed by atoms with Crippen LogP contribution in [0.3, 0.4) is 0 Å². The smallest absolute Gasteiger partial charge is 0.407 e. The summed E-state index contributed by atoms with van der Waals surface area (Å²) < 4.78 is 5.11. The van der Waals surface area contributed by atoms with Gasteiger partial charge in [-0.15, -0.1) is 0 Å². The minimum atomic E-state index is -0.452. The largest absolute Gasteiger partial charge is 0.444 e. The van der Waals surface area contributed by atoms with Gasteiger partial charge in [0.15, 0.2) is 0 Å². The number of carbonyl (C=O) groups is 1. The number of nitrogens with two attached hydrogens (primary N) is 1. The lowest BCUT2D eigenvalue weighted by atomic mass is 10.0. The van der Waals surface area contributed by atoms with Gasteiger partial charge in [0.1, 0.15) is 5.60 Å². The Labute approximate surface area is 98.9 Å². The van der Waals surface area contributed by atoms with E-state index in [1.54, 1.807) is 0 Å². The summed E-state index contributed by atoms with van der Waals surface area (Å²) in [5, 5.41) is 2.68. The molecule has 0 aliphatic rings. The molecule has 96 valence electrons. The molecule has 16 heavy (non-hydrogen) atoms. The molecule has 4 nitrogen and oxygen atoms in total. The van der Waals surface area contributed by atoms with Crippen LogP contribution in [-0.2, 0) is 4.74 Å². The first-order chi connectivity index (χ1) is 7.20. The first kappa shape index (κ1) is 15.2. The Hall–Kier alpha value is -0.770. The number of rotatable bonds is 5. The third-order valence-corrected chi connectivity index (χ3v) is 2.02. The molecule has 0 aliphatic carbocycles. The first-order valence-corrected chi connectivity index (χ1v) is 5.93. The second-order valence-electron chi connectivity index (χ2n) is 5.61. The first-order valence-electron chi connectivity index (χ1n) is 5.93. The van der Waals surface area contributed by atoms with Gasteiger partial charge in [0.25, 0.3) is 0 Å². The van der Waals surface area contributed by atoms with Gasteiger partial charge in [0.05, 0.1) is 0 Å². The molecule has 0 aromatic carbocycles. The second-order valence-corrected chi connectivity index (χ2v) is 5.61. The highest BCUT2D eigenvalue weighted by Crippen LogP contribution is 2.07. The summed E-state index contributed by atoms with van der Waals surface area (Å²) in [6.45, 7) is 10.3. The van der Waals surface area contributed by atoms with E-state index in [9.17, 15) is 4.79 Å². The van der Waals surface area contributed by atoms with E-state index in [1.165, 1.54) is 0 Å². The van der Waals surface area contributed by atoms with Crippen LogP contribution in [-0.4, -0.2) is 24.3 Å². The Morgan fingerprint density at radius 3 is 2.31 bits per heavy atom. The summed E-state index contributed by atoms with van der Waals surface area (Å²) in [7, 11) is 0. The highest BCUT2D eigenvalue weighted by atomic mass is 16.6. The van der Waals surface area contributed by atoms with Gasteiger partial charge in [-0.25, -0.2) is 4.79 Å². The monoisotopic (exact) mass is 230 g/mol. The van der Waals surface area contributed by atoms with E-state index in [2.05, 4.69) is 19.2 Å². The summed E-state index contributed by atoms with van der Waals surface area (Å²) in [6, 6.07) is 0.00918. The van der Waals surface area contributed by atoms with E-state index >= 15 is 0 Å². The van der Waals surface area contributed by atoms with E-state index in [4.69, 9.17) is 10.5 Å². The molecule has 0 radical (unpaired) electrons. The molecule has 0 fully saturated rings. The zero-order valence-electron chi connectivity index (χ0n) is 11.2. The van der Waals surface area contributed by atoms with Crippen LogP contribution in [0.25, 0.3) is 0 Å². The van der Waals surface area contributed by atoms with Crippen LogP contribution in [0, 0.1) is 5.92 Å². The maximum Gasteiger partial charge on any atom is 0.407 e. The molecule has 0 rings (SSSR count). The van der Waals surface area contributed by atoms with Crippen LogP contribution in [0.5, 0.6) is 0 Å². The van der Waals surface area contributed by atoms with Gasteiger partial charge in [-0.05, 0) is 39.5 Å². The van der Waals surface area contributed by atoms with Crippen molar-refractivity contribution in [2.75, 3.05) is 6.54 Å². The fourth-order valence-electron chi connectivity index (χ4n) is 1.18. The van der Waals surface area contributed by atoms with Crippen molar-refractivity contribution < 1.29 is 9.53 Å². The fraction of sp³-hybridized carbons (Fsp3) is 0.917. The Kier molecular flexibility index (Phi) is 6.41. The zero-order chi connectivity index (χ0) is 12.8. The number of nitrogens with one attached hydrogen (secondary N) is 1. The number of alkyl carbamates (subject to hydrolysis) is 1. The lowest BCUT2D eigenvalue weighted by Gasteiger charge is -2.21. The molecule has 1 amide bonds. The SMILES string of the molecule is CC(C)CCC(N)CNC(=O)OC(C)(C)C.